The van der Waals surface area contributed by atoms with Crippen LogP contribution in [0.15, 0.2) is 53.1 Å². The summed E-state index contributed by atoms with van der Waals surface area (Å²) in [6, 6.07) is 12.5. The molecule has 0 radical (unpaired) electrons. The second-order valence-electron chi connectivity index (χ2n) is 6.99. The van der Waals surface area contributed by atoms with Crippen LogP contribution in [0.4, 0.5) is 0 Å². The van der Waals surface area contributed by atoms with E-state index >= 15 is 0 Å². The van der Waals surface area contributed by atoms with Gasteiger partial charge in [0.15, 0.2) is 5.96 Å². The standard InChI is InChI=1S/C20H27N5S.HI/c1-20(2,18-10-6-13-26-18)14-23-19(21-3)22-11-7-12-25-15-24-16-8-4-5-9-17(16)25;/h4-6,8-10,13,15H,7,11-12,14H2,1-3H3,(H2,21,22,23);1H. The Labute approximate surface area is 182 Å². The maximum Gasteiger partial charge on any atom is 0.191 e. The van der Waals surface area contributed by atoms with E-state index in [0.717, 1.165) is 37.5 Å². The number of guanidine groups is 1. The van der Waals surface area contributed by atoms with Gasteiger partial charge in [-0.15, -0.1) is 35.3 Å². The highest BCUT2D eigenvalue weighted by Gasteiger charge is 2.21. The lowest BCUT2D eigenvalue weighted by molar-refractivity contribution is 0.517. The zero-order valence-corrected chi connectivity index (χ0v) is 19.3. The van der Waals surface area contributed by atoms with Gasteiger partial charge in [-0.3, -0.25) is 4.99 Å². The fourth-order valence-corrected chi connectivity index (χ4v) is 3.77. The first-order valence-corrected chi connectivity index (χ1v) is 9.86. The number of halogens is 1. The Hall–Kier alpha value is -1.61. The predicted molar refractivity (Wildman–Crippen MR) is 126 cm³/mol. The summed E-state index contributed by atoms with van der Waals surface area (Å²) >= 11 is 1.80. The summed E-state index contributed by atoms with van der Waals surface area (Å²) in [5.41, 5.74) is 2.32. The molecule has 3 aromatic rings. The van der Waals surface area contributed by atoms with Gasteiger partial charge < -0.3 is 15.2 Å². The van der Waals surface area contributed by atoms with E-state index in [1.807, 2.05) is 25.5 Å². The first-order chi connectivity index (χ1) is 12.6. The predicted octanol–water partition coefficient (Wildman–Crippen LogP) is 4.25. The van der Waals surface area contributed by atoms with Crippen molar-refractivity contribution >= 4 is 52.3 Å². The number of aryl methyl sites for hydroxylation is 1. The van der Waals surface area contributed by atoms with Crippen molar-refractivity contribution < 1.29 is 0 Å². The number of hydrogen-bond acceptors (Lipinski definition) is 3. The lowest BCUT2D eigenvalue weighted by Crippen LogP contribution is -2.43. The van der Waals surface area contributed by atoms with Crippen molar-refractivity contribution in [1.82, 2.24) is 20.2 Å². The van der Waals surface area contributed by atoms with Crippen molar-refractivity contribution in [2.45, 2.75) is 32.2 Å². The molecule has 0 saturated heterocycles. The lowest BCUT2D eigenvalue weighted by atomic mass is 9.91. The highest BCUT2D eigenvalue weighted by Crippen LogP contribution is 2.26. The van der Waals surface area contributed by atoms with Crippen LogP contribution in [0.1, 0.15) is 25.1 Å². The number of fused-ring (bicyclic) bond motifs is 1. The molecule has 2 heterocycles. The topological polar surface area (TPSA) is 54.2 Å². The second kappa shape index (κ2) is 10.1. The molecule has 5 nitrogen and oxygen atoms in total. The van der Waals surface area contributed by atoms with Crippen molar-refractivity contribution in [3.05, 3.63) is 53.0 Å². The van der Waals surface area contributed by atoms with Crippen LogP contribution in [0.25, 0.3) is 11.0 Å². The molecule has 1 aromatic carbocycles. The summed E-state index contributed by atoms with van der Waals surface area (Å²) in [7, 11) is 1.82. The van der Waals surface area contributed by atoms with Gasteiger partial charge in [0.25, 0.3) is 0 Å². The molecule has 3 rings (SSSR count). The lowest BCUT2D eigenvalue weighted by Gasteiger charge is -2.25. The van der Waals surface area contributed by atoms with Crippen molar-refractivity contribution in [3.8, 4) is 0 Å². The first kappa shape index (κ1) is 21.7. The van der Waals surface area contributed by atoms with Gasteiger partial charge in [0.2, 0.25) is 0 Å². The Kier molecular flexibility index (Phi) is 8.09. The van der Waals surface area contributed by atoms with Crippen LogP contribution in [0.2, 0.25) is 0 Å². The van der Waals surface area contributed by atoms with Crippen LogP contribution in [-0.2, 0) is 12.0 Å². The molecule has 7 heteroatoms. The number of para-hydroxylation sites is 2. The molecule has 0 aliphatic carbocycles. The average Bonchev–Trinajstić information content (AvgIpc) is 3.32. The average molecular weight is 497 g/mol. The number of hydrogen-bond donors (Lipinski definition) is 2. The van der Waals surface area contributed by atoms with Crippen LogP contribution in [0, 0.1) is 0 Å². The third-order valence-electron chi connectivity index (χ3n) is 4.51. The summed E-state index contributed by atoms with van der Waals surface area (Å²) in [4.78, 5) is 10.2. The van der Waals surface area contributed by atoms with Crippen molar-refractivity contribution in [2.24, 2.45) is 4.99 Å². The molecular weight excluding hydrogens is 469 g/mol. The molecule has 0 saturated carbocycles. The van der Waals surface area contributed by atoms with Gasteiger partial charge in [0, 0.05) is 37.0 Å². The number of aromatic nitrogens is 2. The van der Waals surface area contributed by atoms with Crippen molar-refractivity contribution in [2.75, 3.05) is 20.1 Å². The van der Waals surface area contributed by atoms with E-state index in [4.69, 9.17) is 0 Å². The van der Waals surface area contributed by atoms with Crippen LogP contribution in [0.5, 0.6) is 0 Å². The molecule has 0 aliphatic rings. The number of nitrogens with zero attached hydrogens (tertiary/aromatic N) is 3. The molecule has 146 valence electrons. The summed E-state index contributed by atoms with van der Waals surface area (Å²) in [5, 5.41) is 8.98. The van der Waals surface area contributed by atoms with Crippen molar-refractivity contribution in [3.63, 3.8) is 0 Å². The molecule has 0 bridgehead atoms. The van der Waals surface area contributed by atoms with Crippen LogP contribution >= 0.6 is 35.3 Å². The van der Waals surface area contributed by atoms with E-state index in [1.54, 1.807) is 11.3 Å². The summed E-state index contributed by atoms with van der Waals surface area (Å²) < 4.78 is 2.20. The third kappa shape index (κ3) is 5.68. The molecule has 0 fully saturated rings. The number of thiophene rings is 1. The van der Waals surface area contributed by atoms with Gasteiger partial charge >= 0.3 is 0 Å². The zero-order chi connectivity index (χ0) is 18.4. The minimum atomic E-state index is 0. The molecule has 0 atom stereocenters. The van der Waals surface area contributed by atoms with Gasteiger partial charge in [-0.1, -0.05) is 32.0 Å². The van der Waals surface area contributed by atoms with Crippen molar-refractivity contribution in [1.29, 1.82) is 0 Å². The number of nitrogens with one attached hydrogen (secondary N) is 2. The number of imidazole rings is 1. The molecule has 0 aliphatic heterocycles. The van der Waals surface area contributed by atoms with Gasteiger partial charge in [0.1, 0.15) is 0 Å². The number of aliphatic imine (C=N–C) groups is 1. The minimum Gasteiger partial charge on any atom is -0.356 e. The van der Waals surface area contributed by atoms with Crippen LogP contribution < -0.4 is 10.6 Å². The van der Waals surface area contributed by atoms with E-state index < -0.39 is 0 Å². The van der Waals surface area contributed by atoms with Gasteiger partial charge in [-0.25, -0.2) is 4.98 Å². The minimum absolute atomic E-state index is 0. The number of benzene rings is 1. The van der Waals surface area contributed by atoms with Crippen LogP contribution in [0.3, 0.4) is 0 Å². The quantitative estimate of drug-likeness (QED) is 0.222. The van der Waals surface area contributed by atoms with Gasteiger partial charge in [-0.2, -0.15) is 0 Å². The van der Waals surface area contributed by atoms with E-state index in [1.165, 1.54) is 10.4 Å². The molecule has 0 unspecified atom stereocenters. The molecule has 2 N–H and O–H groups in total. The van der Waals surface area contributed by atoms with E-state index in [2.05, 4.69) is 68.7 Å². The van der Waals surface area contributed by atoms with Gasteiger partial charge in [0.05, 0.1) is 17.4 Å². The Morgan fingerprint density at radius 2 is 2.00 bits per heavy atom. The molecule has 2 aromatic heterocycles. The monoisotopic (exact) mass is 497 g/mol. The Bertz CT molecular complexity index is 854. The molecule has 0 amide bonds. The largest absolute Gasteiger partial charge is 0.356 e. The number of rotatable bonds is 7. The summed E-state index contributed by atoms with van der Waals surface area (Å²) in [5.74, 6) is 0.852. The Morgan fingerprint density at radius 1 is 1.19 bits per heavy atom. The van der Waals surface area contributed by atoms with Gasteiger partial charge in [-0.05, 0) is 30.0 Å². The molecule has 0 spiro atoms. The highest BCUT2D eigenvalue weighted by atomic mass is 127. The zero-order valence-electron chi connectivity index (χ0n) is 16.1. The maximum absolute atomic E-state index is 4.44. The van der Waals surface area contributed by atoms with Crippen LogP contribution in [-0.4, -0.2) is 35.6 Å². The smallest absolute Gasteiger partial charge is 0.191 e. The first-order valence-electron chi connectivity index (χ1n) is 8.98. The summed E-state index contributed by atoms with van der Waals surface area (Å²) in [6.07, 6.45) is 2.93. The highest BCUT2D eigenvalue weighted by molar-refractivity contribution is 14.0. The summed E-state index contributed by atoms with van der Waals surface area (Å²) in [6.45, 7) is 7.16. The molecular formula is C20H28IN5S. The fraction of sp³-hybridized carbons (Fsp3) is 0.400. The Balaban J connectivity index is 0.00000261. The second-order valence-corrected chi connectivity index (χ2v) is 7.94. The van der Waals surface area contributed by atoms with E-state index in [0.29, 0.717) is 0 Å². The van der Waals surface area contributed by atoms with E-state index in [9.17, 15) is 0 Å². The fourth-order valence-electron chi connectivity index (χ4n) is 2.92. The normalized spacial score (nSPS) is 12.0. The maximum atomic E-state index is 4.44. The Morgan fingerprint density at radius 3 is 2.74 bits per heavy atom. The van der Waals surface area contributed by atoms with E-state index in [-0.39, 0.29) is 29.4 Å². The molecule has 27 heavy (non-hydrogen) atoms. The SMILES string of the molecule is CN=C(NCCCn1cnc2ccccc21)NCC(C)(C)c1cccs1.I. The third-order valence-corrected chi connectivity index (χ3v) is 5.74.